The van der Waals surface area contributed by atoms with Crippen LogP contribution < -0.4 is 20.1 Å². The Morgan fingerprint density at radius 2 is 1.69 bits per heavy atom. The van der Waals surface area contributed by atoms with Crippen molar-refractivity contribution in [1.82, 2.24) is 0 Å². The Labute approximate surface area is 153 Å². The molecule has 0 fully saturated rings. The molecule has 0 bridgehead atoms. The van der Waals surface area contributed by atoms with E-state index in [1.54, 1.807) is 19.2 Å². The Balaban J connectivity index is 1.78. The minimum atomic E-state index is -0.151. The average molecular weight is 356 g/mol. The lowest BCUT2D eigenvalue weighted by molar-refractivity contribution is -0.116. The van der Waals surface area contributed by atoms with Gasteiger partial charge in [0.2, 0.25) is 11.8 Å². The minimum absolute atomic E-state index is 0.0913. The van der Waals surface area contributed by atoms with Crippen molar-refractivity contribution in [3.63, 3.8) is 0 Å². The van der Waals surface area contributed by atoms with E-state index in [1.807, 2.05) is 37.3 Å². The van der Waals surface area contributed by atoms with Crippen LogP contribution in [-0.2, 0) is 9.59 Å². The van der Waals surface area contributed by atoms with Crippen LogP contribution in [0.25, 0.3) is 0 Å². The van der Waals surface area contributed by atoms with Crippen molar-refractivity contribution >= 4 is 23.2 Å². The second kappa shape index (κ2) is 9.46. The van der Waals surface area contributed by atoms with Crippen LogP contribution in [0.4, 0.5) is 11.4 Å². The Kier molecular flexibility index (Phi) is 7.02. The number of anilines is 2. The molecule has 6 heteroatoms. The maximum absolute atomic E-state index is 12.1. The smallest absolute Gasteiger partial charge is 0.224 e. The maximum atomic E-state index is 12.1. The number of benzene rings is 2. The van der Waals surface area contributed by atoms with Crippen LogP contribution in [0.2, 0.25) is 0 Å². The van der Waals surface area contributed by atoms with Gasteiger partial charge in [-0.2, -0.15) is 0 Å². The summed E-state index contributed by atoms with van der Waals surface area (Å²) in [6.07, 6.45) is 0.947. The number of nitrogens with one attached hydrogen (secondary N) is 2. The monoisotopic (exact) mass is 356 g/mol. The topological polar surface area (TPSA) is 76.7 Å². The Hall–Kier alpha value is -3.02. The van der Waals surface area contributed by atoms with Crippen molar-refractivity contribution in [2.24, 2.45) is 0 Å². The van der Waals surface area contributed by atoms with Crippen LogP contribution >= 0.6 is 0 Å². The molecule has 0 radical (unpaired) electrons. The summed E-state index contributed by atoms with van der Waals surface area (Å²) in [6.45, 7) is 3.80. The van der Waals surface area contributed by atoms with Gasteiger partial charge >= 0.3 is 0 Å². The summed E-state index contributed by atoms with van der Waals surface area (Å²) < 4.78 is 10.7. The highest BCUT2D eigenvalue weighted by Gasteiger charge is 2.07. The number of hydrogen-bond acceptors (Lipinski definition) is 4. The highest BCUT2D eigenvalue weighted by molar-refractivity contribution is 5.94. The molecular formula is C20H24N2O4. The average Bonchev–Trinajstić information content (AvgIpc) is 2.61. The van der Waals surface area contributed by atoms with Crippen LogP contribution in [-0.4, -0.2) is 25.5 Å². The fourth-order valence-corrected chi connectivity index (χ4v) is 2.35. The minimum Gasteiger partial charge on any atom is -0.497 e. The third-order valence-electron chi connectivity index (χ3n) is 3.71. The molecule has 26 heavy (non-hydrogen) atoms. The van der Waals surface area contributed by atoms with Crippen molar-refractivity contribution in [2.45, 2.75) is 26.7 Å². The van der Waals surface area contributed by atoms with E-state index >= 15 is 0 Å². The zero-order valence-electron chi connectivity index (χ0n) is 15.3. The zero-order chi connectivity index (χ0) is 18.9. The molecule has 0 unspecified atom stereocenters. The van der Waals surface area contributed by atoms with Gasteiger partial charge in [0.1, 0.15) is 11.5 Å². The largest absolute Gasteiger partial charge is 0.497 e. The summed E-state index contributed by atoms with van der Waals surface area (Å²) in [4.78, 5) is 23.3. The predicted octanol–water partition coefficient (Wildman–Crippen LogP) is 3.76. The van der Waals surface area contributed by atoms with Gasteiger partial charge in [0.15, 0.2) is 0 Å². The van der Waals surface area contributed by atoms with E-state index < -0.39 is 0 Å². The molecule has 0 spiro atoms. The van der Waals surface area contributed by atoms with Gasteiger partial charge in [-0.15, -0.1) is 0 Å². The number of hydrogen-bond donors (Lipinski definition) is 2. The first-order valence-corrected chi connectivity index (χ1v) is 8.43. The van der Waals surface area contributed by atoms with Crippen molar-refractivity contribution in [3.05, 3.63) is 48.0 Å². The lowest BCUT2D eigenvalue weighted by Gasteiger charge is -2.11. The second-order valence-corrected chi connectivity index (χ2v) is 5.89. The first-order valence-electron chi connectivity index (χ1n) is 8.43. The Bertz CT molecular complexity index is 757. The number of amides is 2. The quantitative estimate of drug-likeness (QED) is 0.706. The van der Waals surface area contributed by atoms with E-state index in [0.29, 0.717) is 30.8 Å². The highest BCUT2D eigenvalue weighted by atomic mass is 16.5. The zero-order valence-corrected chi connectivity index (χ0v) is 15.3. The lowest BCUT2D eigenvalue weighted by Crippen LogP contribution is -2.14. The Morgan fingerprint density at radius 3 is 2.35 bits per heavy atom. The lowest BCUT2D eigenvalue weighted by atomic mass is 10.1. The predicted molar refractivity (Wildman–Crippen MR) is 102 cm³/mol. The van der Waals surface area contributed by atoms with E-state index in [9.17, 15) is 9.59 Å². The number of methoxy groups -OCH3 is 1. The summed E-state index contributed by atoms with van der Waals surface area (Å²) in [7, 11) is 1.61. The van der Waals surface area contributed by atoms with Gasteiger partial charge in [0.25, 0.3) is 0 Å². The summed E-state index contributed by atoms with van der Waals surface area (Å²) in [5, 5.41) is 5.58. The molecule has 2 rings (SSSR count). The summed E-state index contributed by atoms with van der Waals surface area (Å²) in [5.74, 6) is 1.27. The van der Waals surface area contributed by atoms with E-state index in [4.69, 9.17) is 9.47 Å². The summed E-state index contributed by atoms with van der Waals surface area (Å²) in [5.41, 5.74) is 2.28. The fourth-order valence-electron chi connectivity index (χ4n) is 2.35. The van der Waals surface area contributed by atoms with Crippen molar-refractivity contribution < 1.29 is 19.1 Å². The van der Waals surface area contributed by atoms with Crippen LogP contribution in [0.1, 0.15) is 25.3 Å². The molecule has 2 aromatic rings. The number of ether oxygens (including phenoxy) is 2. The number of carbonyl (C=O) groups is 2. The maximum Gasteiger partial charge on any atom is 0.224 e. The first kappa shape index (κ1) is 19.3. The summed E-state index contributed by atoms with van der Waals surface area (Å²) in [6, 6.07) is 12.7. The molecule has 0 saturated heterocycles. The SMILES string of the molecule is COc1ccc(OCCCC(=O)Nc2cc(NC(C)=O)ccc2C)cc1. The summed E-state index contributed by atoms with van der Waals surface area (Å²) >= 11 is 0. The van der Waals surface area contributed by atoms with Gasteiger partial charge in [-0.25, -0.2) is 0 Å². The van der Waals surface area contributed by atoms with Crippen LogP contribution in [0.5, 0.6) is 11.5 Å². The molecule has 0 atom stereocenters. The number of carbonyl (C=O) groups excluding carboxylic acids is 2. The molecule has 0 aliphatic heterocycles. The molecule has 6 nitrogen and oxygen atoms in total. The van der Waals surface area contributed by atoms with Crippen LogP contribution in [0.3, 0.4) is 0 Å². The van der Waals surface area contributed by atoms with E-state index in [1.165, 1.54) is 6.92 Å². The van der Waals surface area contributed by atoms with Crippen LogP contribution in [0, 0.1) is 6.92 Å². The molecule has 2 aromatic carbocycles. The first-order chi connectivity index (χ1) is 12.5. The fraction of sp³-hybridized carbons (Fsp3) is 0.300. The molecule has 0 aliphatic carbocycles. The van der Waals surface area contributed by atoms with E-state index in [0.717, 1.165) is 17.1 Å². The van der Waals surface area contributed by atoms with E-state index in [-0.39, 0.29) is 11.8 Å². The van der Waals surface area contributed by atoms with Gasteiger partial charge in [-0.05, 0) is 55.3 Å². The van der Waals surface area contributed by atoms with E-state index in [2.05, 4.69) is 10.6 Å². The third kappa shape index (κ3) is 6.12. The van der Waals surface area contributed by atoms with Gasteiger partial charge in [-0.1, -0.05) is 6.07 Å². The third-order valence-corrected chi connectivity index (χ3v) is 3.71. The van der Waals surface area contributed by atoms with Crippen molar-refractivity contribution in [2.75, 3.05) is 24.4 Å². The standard InChI is InChI=1S/C20H24N2O4/c1-14-6-7-16(21-15(2)23)13-19(14)22-20(24)5-4-12-26-18-10-8-17(25-3)9-11-18/h6-11,13H,4-5,12H2,1-3H3,(H,21,23)(H,22,24). The molecule has 0 aliphatic rings. The van der Waals surface area contributed by atoms with Crippen LogP contribution in [0.15, 0.2) is 42.5 Å². The molecule has 0 aromatic heterocycles. The van der Waals surface area contributed by atoms with Gasteiger partial charge in [-0.3, -0.25) is 9.59 Å². The highest BCUT2D eigenvalue weighted by Crippen LogP contribution is 2.21. The van der Waals surface area contributed by atoms with Crippen molar-refractivity contribution in [3.8, 4) is 11.5 Å². The second-order valence-electron chi connectivity index (χ2n) is 5.89. The van der Waals surface area contributed by atoms with Gasteiger partial charge < -0.3 is 20.1 Å². The molecule has 2 N–H and O–H groups in total. The molecule has 0 saturated carbocycles. The molecule has 0 heterocycles. The van der Waals surface area contributed by atoms with Crippen molar-refractivity contribution in [1.29, 1.82) is 0 Å². The number of aryl methyl sites for hydroxylation is 1. The molecular weight excluding hydrogens is 332 g/mol. The molecule has 138 valence electrons. The normalized spacial score (nSPS) is 10.1. The number of rotatable bonds is 8. The molecule has 2 amide bonds. The van der Waals surface area contributed by atoms with Gasteiger partial charge in [0, 0.05) is 24.7 Å². The van der Waals surface area contributed by atoms with Gasteiger partial charge in [0.05, 0.1) is 13.7 Å². The Morgan fingerprint density at radius 1 is 1.00 bits per heavy atom.